The van der Waals surface area contributed by atoms with Gasteiger partial charge in [0.05, 0.1) is 0 Å². The molecular weight excluding hydrogens is 408 g/mol. The van der Waals surface area contributed by atoms with E-state index in [2.05, 4.69) is 16.9 Å². The summed E-state index contributed by atoms with van der Waals surface area (Å²) in [4.78, 5) is 21.1. The van der Waals surface area contributed by atoms with E-state index in [9.17, 15) is 4.79 Å². The van der Waals surface area contributed by atoms with Crippen molar-refractivity contribution in [3.8, 4) is 17.1 Å². The smallest absolute Gasteiger partial charge is 0.329 e. The normalized spacial score (nSPS) is 12.2. The molecule has 31 heavy (non-hydrogen) atoms. The summed E-state index contributed by atoms with van der Waals surface area (Å²) < 4.78 is 5.37. The number of unbranched alkanes of at least 4 members (excludes halogenated alkanes) is 7. The number of carbonyl (C=O) groups excluding carboxylic acids is 1. The molecule has 1 aromatic heterocycles. The molecule has 2 rings (SSSR count). The van der Waals surface area contributed by atoms with Crippen LogP contribution in [0.3, 0.4) is 0 Å². The monoisotopic (exact) mass is 444 g/mol. The lowest BCUT2D eigenvalue weighted by Crippen LogP contribution is -2.22. The van der Waals surface area contributed by atoms with E-state index in [1.54, 1.807) is 12.1 Å². The zero-order valence-electron chi connectivity index (χ0n) is 19.3. The number of halogens is 1. The lowest BCUT2D eigenvalue weighted by molar-refractivity contribution is -0.134. The van der Waals surface area contributed by atoms with E-state index in [1.165, 1.54) is 56.9 Å². The second-order valence-corrected chi connectivity index (χ2v) is 9.21. The van der Waals surface area contributed by atoms with E-state index < -0.39 is 11.3 Å². The molecule has 1 aromatic carbocycles. The van der Waals surface area contributed by atoms with E-state index in [4.69, 9.17) is 16.3 Å². The number of alkyl halides is 1. The summed E-state index contributed by atoms with van der Waals surface area (Å²) in [6.07, 6.45) is 16.0. The lowest BCUT2D eigenvalue weighted by atomic mass is 10.1. The van der Waals surface area contributed by atoms with E-state index >= 15 is 0 Å². The van der Waals surface area contributed by atoms with Gasteiger partial charge in [0.15, 0.2) is 5.82 Å². The van der Waals surface area contributed by atoms with Gasteiger partial charge in [-0.25, -0.2) is 9.97 Å². The summed E-state index contributed by atoms with van der Waals surface area (Å²) >= 11 is 6.10. The molecule has 0 aliphatic heterocycles. The molecular formula is C26H37ClN2O2. The van der Waals surface area contributed by atoms with Crippen LogP contribution >= 0.6 is 11.6 Å². The standard InChI is InChI=1S/C26H37ClN2O2/c1-4-5-6-7-8-9-10-11-12-21-18-28-25(29-19-21)22-13-15-23(16-14-22)31-26(30)24(27)17-20(2)3/h13-16,18-20,24H,4-12,17H2,1-3H3. The Morgan fingerprint density at radius 1 is 0.935 bits per heavy atom. The fourth-order valence-electron chi connectivity index (χ4n) is 3.46. The molecule has 2 aromatic rings. The molecule has 0 N–H and O–H groups in total. The number of ether oxygens (including phenoxy) is 1. The van der Waals surface area contributed by atoms with Gasteiger partial charge in [0.25, 0.3) is 0 Å². The first-order chi connectivity index (χ1) is 15.0. The number of carbonyl (C=O) groups is 1. The van der Waals surface area contributed by atoms with Gasteiger partial charge in [-0.3, -0.25) is 4.79 Å². The summed E-state index contributed by atoms with van der Waals surface area (Å²) in [7, 11) is 0. The Hall–Kier alpha value is -1.94. The molecule has 1 heterocycles. The average Bonchev–Trinajstić information content (AvgIpc) is 2.76. The third kappa shape index (κ3) is 9.82. The Bertz CT molecular complexity index is 760. The van der Waals surface area contributed by atoms with Crippen molar-refractivity contribution in [3.05, 3.63) is 42.2 Å². The maximum absolute atomic E-state index is 12.0. The molecule has 1 unspecified atom stereocenters. The first-order valence-electron chi connectivity index (χ1n) is 11.8. The van der Waals surface area contributed by atoms with E-state index in [0.29, 0.717) is 23.9 Å². The second kappa shape index (κ2) is 14.2. The molecule has 5 heteroatoms. The molecule has 0 saturated carbocycles. The number of benzene rings is 1. The predicted octanol–water partition coefficient (Wildman–Crippen LogP) is 7.39. The summed E-state index contributed by atoms with van der Waals surface area (Å²) in [5.74, 6) is 1.08. The zero-order chi connectivity index (χ0) is 22.5. The summed E-state index contributed by atoms with van der Waals surface area (Å²) in [5, 5.41) is -0.628. The molecule has 0 bridgehead atoms. The van der Waals surface area contributed by atoms with Crippen LogP contribution in [0.15, 0.2) is 36.7 Å². The van der Waals surface area contributed by atoms with Crippen molar-refractivity contribution < 1.29 is 9.53 Å². The third-order valence-corrected chi connectivity index (χ3v) is 5.65. The molecule has 0 spiro atoms. The van der Waals surface area contributed by atoms with Gasteiger partial charge in [-0.05, 0) is 55.0 Å². The van der Waals surface area contributed by atoms with Crippen LogP contribution in [0.5, 0.6) is 5.75 Å². The van der Waals surface area contributed by atoms with Crippen LogP contribution in [0.4, 0.5) is 0 Å². The van der Waals surface area contributed by atoms with Crippen LogP contribution in [-0.4, -0.2) is 21.3 Å². The number of aromatic nitrogens is 2. The Balaban J connectivity index is 1.76. The zero-order valence-corrected chi connectivity index (χ0v) is 20.0. The van der Waals surface area contributed by atoms with Gasteiger partial charge in [0.2, 0.25) is 0 Å². The van der Waals surface area contributed by atoms with Crippen molar-refractivity contribution in [1.29, 1.82) is 0 Å². The van der Waals surface area contributed by atoms with Crippen LogP contribution < -0.4 is 4.74 Å². The Labute approximate surface area is 192 Å². The Morgan fingerprint density at radius 3 is 2.10 bits per heavy atom. The molecule has 170 valence electrons. The maximum Gasteiger partial charge on any atom is 0.329 e. The minimum absolute atomic E-state index is 0.341. The van der Waals surface area contributed by atoms with Crippen LogP contribution in [0.2, 0.25) is 0 Å². The maximum atomic E-state index is 12.0. The number of aryl methyl sites for hydroxylation is 1. The first-order valence-corrected chi connectivity index (χ1v) is 12.2. The van der Waals surface area contributed by atoms with Crippen molar-refractivity contribution >= 4 is 17.6 Å². The number of hydrogen-bond acceptors (Lipinski definition) is 4. The molecule has 0 aliphatic rings. The largest absolute Gasteiger partial charge is 0.425 e. The highest BCUT2D eigenvalue weighted by molar-refractivity contribution is 6.30. The first kappa shape index (κ1) is 25.3. The summed E-state index contributed by atoms with van der Waals surface area (Å²) in [5.41, 5.74) is 2.07. The van der Waals surface area contributed by atoms with Crippen molar-refractivity contribution in [2.45, 2.75) is 90.4 Å². The topological polar surface area (TPSA) is 52.1 Å². The highest BCUT2D eigenvalue weighted by Crippen LogP contribution is 2.21. The van der Waals surface area contributed by atoms with Crippen molar-refractivity contribution in [2.75, 3.05) is 0 Å². The average molecular weight is 445 g/mol. The van der Waals surface area contributed by atoms with Crippen molar-refractivity contribution in [1.82, 2.24) is 9.97 Å². The Kier molecular flexibility index (Phi) is 11.6. The summed E-state index contributed by atoms with van der Waals surface area (Å²) in [6, 6.07) is 7.23. The van der Waals surface area contributed by atoms with Gasteiger partial charge < -0.3 is 4.74 Å². The van der Waals surface area contributed by atoms with Gasteiger partial charge in [-0.1, -0.05) is 65.7 Å². The predicted molar refractivity (Wildman–Crippen MR) is 129 cm³/mol. The number of esters is 1. The summed E-state index contributed by atoms with van der Waals surface area (Å²) in [6.45, 7) is 6.31. The molecule has 0 fully saturated rings. The molecule has 0 radical (unpaired) electrons. The third-order valence-electron chi connectivity index (χ3n) is 5.29. The van der Waals surface area contributed by atoms with Crippen LogP contribution in [0.1, 0.15) is 84.1 Å². The van der Waals surface area contributed by atoms with E-state index in [0.717, 1.165) is 12.0 Å². The molecule has 0 amide bonds. The van der Waals surface area contributed by atoms with Crippen LogP contribution in [0.25, 0.3) is 11.4 Å². The molecule has 0 saturated heterocycles. The van der Waals surface area contributed by atoms with Crippen LogP contribution in [0, 0.1) is 5.92 Å². The minimum atomic E-state index is -0.628. The van der Waals surface area contributed by atoms with Crippen molar-refractivity contribution in [2.24, 2.45) is 5.92 Å². The second-order valence-electron chi connectivity index (χ2n) is 8.68. The fraction of sp³-hybridized carbons (Fsp3) is 0.577. The van der Waals surface area contributed by atoms with E-state index in [-0.39, 0.29) is 0 Å². The minimum Gasteiger partial charge on any atom is -0.425 e. The number of hydrogen-bond donors (Lipinski definition) is 0. The van der Waals surface area contributed by atoms with Crippen LogP contribution in [-0.2, 0) is 11.2 Å². The number of rotatable bonds is 14. The van der Waals surface area contributed by atoms with Gasteiger partial charge >= 0.3 is 5.97 Å². The van der Waals surface area contributed by atoms with Gasteiger partial charge in [-0.2, -0.15) is 0 Å². The highest BCUT2D eigenvalue weighted by Gasteiger charge is 2.19. The van der Waals surface area contributed by atoms with Gasteiger partial charge in [-0.15, -0.1) is 11.6 Å². The van der Waals surface area contributed by atoms with Crippen molar-refractivity contribution in [3.63, 3.8) is 0 Å². The Morgan fingerprint density at radius 2 is 1.52 bits per heavy atom. The van der Waals surface area contributed by atoms with E-state index in [1.807, 2.05) is 38.4 Å². The van der Waals surface area contributed by atoms with Gasteiger partial charge in [0.1, 0.15) is 11.1 Å². The lowest BCUT2D eigenvalue weighted by Gasteiger charge is -2.11. The molecule has 4 nitrogen and oxygen atoms in total. The fourth-order valence-corrected chi connectivity index (χ4v) is 3.86. The quantitative estimate of drug-likeness (QED) is 0.132. The highest BCUT2D eigenvalue weighted by atomic mass is 35.5. The molecule has 0 aliphatic carbocycles. The van der Waals surface area contributed by atoms with Gasteiger partial charge in [0, 0.05) is 18.0 Å². The SMILES string of the molecule is CCCCCCCCCCc1cnc(-c2ccc(OC(=O)C(Cl)CC(C)C)cc2)nc1. The number of nitrogens with zero attached hydrogens (tertiary/aromatic N) is 2. The molecule has 1 atom stereocenters.